The first-order chi connectivity index (χ1) is 8.44. The van der Waals surface area contributed by atoms with Gasteiger partial charge < -0.3 is 15.8 Å². The van der Waals surface area contributed by atoms with Crippen LogP contribution in [0.5, 0.6) is 0 Å². The van der Waals surface area contributed by atoms with Crippen molar-refractivity contribution in [2.45, 2.75) is 31.9 Å². The van der Waals surface area contributed by atoms with Gasteiger partial charge in [0.05, 0.1) is 11.6 Å². The zero-order valence-corrected chi connectivity index (χ0v) is 12.5. The highest BCUT2D eigenvalue weighted by atomic mass is 35.5. The Morgan fingerprint density at radius 2 is 1.95 bits per heavy atom. The molecule has 0 aliphatic rings. The lowest BCUT2D eigenvalue weighted by atomic mass is 10.1. The van der Waals surface area contributed by atoms with Crippen LogP contribution < -0.4 is 11.1 Å². The predicted molar refractivity (Wildman–Crippen MR) is 79.5 cm³/mol. The molecule has 3 N–H and O–H groups in total. The van der Waals surface area contributed by atoms with Gasteiger partial charge in [-0.15, -0.1) is 12.4 Å². The van der Waals surface area contributed by atoms with Crippen molar-refractivity contribution < 1.29 is 9.53 Å². The van der Waals surface area contributed by atoms with E-state index in [1.54, 1.807) is 7.11 Å². The summed E-state index contributed by atoms with van der Waals surface area (Å²) < 4.78 is 5.23. The standard InChI is InChI=1S/C14H22N2O2.ClH/c1-14(2,18-3)10-16-13(17)12(15)9-11-7-5-4-6-8-11;/h4-8,12H,9-10,15H2,1-3H3,(H,16,17);1H/t12-;/m0./s1. The second kappa shape index (κ2) is 8.15. The second-order valence-corrected chi connectivity index (χ2v) is 4.98. The molecule has 0 aromatic heterocycles. The molecule has 0 aliphatic heterocycles. The molecule has 0 spiro atoms. The average Bonchev–Trinajstić information content (AvgIpc) is 2.37. The van der Waals surface area contributed by atoms with Gasteiger partial charge in [-0.3, -0.25) is 4.79 Å². The van der Waals surface area contributed by atoms with Crippen LogP contribution in [0.25, 0.3) is 0 Å². The normalized spacial score (nSPS) is 12.4. The Labute approximate surface area is 121 Å². The minimum atomic E-state index is -0.528. The van der Waals surface area contributed by atoms with Gasteiger partial charge in [-0.2, -0.15) is 0 Å². The van der Waals surface area contributed by atoms with Crippen molar-refractivity contribution in [1.29, 1.82) is 0 Å². The number of hydrogen-bond acceptors (Lipinski definition) is 3. The molecule has 0 heterocycles. The summed E-state index contributed by atoms with van der Waals surface area (Å²) in [6, 6.07) is 9.22. The van der Waals surface area contributed by atoms with Gasteiger partial charge in [-0.05, 0) is 25.8 Å². The Morgan fingerprint density at radius 1 is 1.37 bits per heavy atom. The van der Waals surface area contributed by atoms with Crippen molar-refractivity contribution >= 4 is 18.3 Å². The molecule has 19 heavy (non-hydrogen) atoms. The molecule has 4 nitrogen and oxygen atoms in total. The topological polar surface area (TPSA) is 64.3 Å². The van der Waals surface area contributed by atoms with Crippen molar-refractivity contribution in [1.82, 2.24) is 5.32 Å². The Balaban J connectivity index is 0.00000324. The van der Waals surface area contributed by atoms with Gasteiger partial charge in [-0.1, -0.05) is 30.3 Å². The minimum absolute atomic E-state index is 0. The number of halogens is 1. The van der Waals surface area contributed by atoms with E-state index in [0.717, 1.165) is 5.56 Å². The fourth-order valence-corrected chi connectivity index (χ4v) is 1.46. The molecular weight excluding hydrogens is 264 g/mol. The lowest BCUT2D eigenvalue weighted by Crippen LogP contribution is -2.47. The van der Waals surface area contributed by atoms with E-state index >= 15 is 0 Å². The minimum Gasteiger partial charge on any atom is -0.377 e. The van der Waals surface area contributed by atoms with E-state index in [1.165, 1.54) is 0 Å². The zero-order valence-electron chi connectivity index (χ0n) is 11.7. The predicted octanol–water partition coefficient (Wildman–Crippen LogP) is 1.52. The molecule has 5 heteroatoms. The summed E-state index contributed by atoms with van der Waals surface area (Å²) >= 11 is 0. The quantitative estimate of drug-likeness (QED) is 0.833. The van der Waals surface area contributed by atoms with Gasteiger partial charge in [-0.25, -0.2) is 0 Å². The number of hydrogen-bond donors (Lipinski definition) is 2. The average molecular weight is 287 g/mol. The monoisotopic (exact) mass is 286 g/mol. The van der Waals surface area contributed by atoms with Crippen LogP contribution in [-0.4, -0.2) is 31.2 Å². The fourth-order valence-electron chi connectivity index (χ4n) is 1.46. The maximum absolute atomic E-state index is 11.8. The fraction of sp³-hybridized carbons (Fsp3) is 0.500. The number of benzene rings is 1. The first kappa shape index (κ1) is 17.9. The van der Waals surface area contributed by atoms with Crippen molar-refractivity contribution in [2.24, 2.45) is 5.73 Å². The van der Waals surface area contributed by atoms with Crippen LogP contribution in [0.15, 0.2) is 30.3 Å². The van der Waals surface area contributed by atoms with Gasteiger partial charge in [0.1, 0.15) is 0 Å². The number of carbonyl (C=O) groups excluding carboxylic acids is 1. The van der Waals surface area contributed by atoms with Gasteiger partial charge in [0.25, 0.3) is 0 Å². The number of nitrogens with two attached hydrogens (primary N) is 1. The van der Waals surface area contributed by atoms with Gasteiger partial charge in [0.2, 0.25) is 5.91 Å². The first-order valence-electron chi connectivity index (χ1n) is 6.07. The molecule has 108 valence electrons. The van der Waals surface area contributed by atoms with E-state index in [9.17, 15) is 4.79 Å². The summed E-state index contributed by atoms with van der Waals surface area (Å²) in [4.78, 5) is 11.8. The molecule has 0 unspecified atom stereocenters. The number of ether oxygens (including phenoxy) is 1. The van der Waals surface area contributed by atoms with Crippen LogP contribution in [0.2, 0.25) is 0 Å². The smallest absolute Gasteiger partial charge is 0.237 e. The lowest BCUT2D eigenvalue weighted by molar-refractivity contribution is -0.123. The molecule has 1 amide bonds. The molecule has 0 saturated carbocycles. The van der Waals surface area contributed by atoms with Crippen molar-refractivity contribution in [2.75, 3.05) is 13.7 Å². The molecule has 0 radical (unpaired) electrons. The molecule has 0 bridgehead atoms. The van der Waals surface area contributed by atoms with Crippen LogP contribution in [0.1, 0.15) is 19.4 Å². The van der Waals surface area contributed by atoms with E-state index in [2.05, 4.69) is 5.32 Å². The van der Waals surface area contributed by atoms with Crippen LogP contribution in [0.3, 0.4) is 0 Å². The molecule has 0 aliphatic carbocycles. The first-order valence-corrected chi connectivity index (χ1v) is 6.07. The van der Waals surface area contributed by atoms with Gasteiger partial charge in [0, 0.05) is 13.7 Å². The highest BCUT2D eigenvalue weighted by molar-refractivity contribution is 5.85. The largest absolute Gasteiger partial charge is 0.377 e. The molecular formula is C14H23ClN2O2. The number of amides is 1. The van der Waals surface area contributed by atoms with Gasteiger partial charge >= 0.3 is 0 Å². The summed E-state index contributed by atoms with van der Waals surface area (Å²) in [6.07, 6.45) is 0.542. The summed E-state index contributed by atoms with van der Waals surface area (Å²) in [5.74, 6) is -0.149. The molecule has 1 aromatic rings. The van der Waals surface area contributed by atoms with Crippen molar-refractivity contribution in [3.63, 3.8) is 0 Å². The Bertz CT molecular complexity index is 382. The Morgan fingerprint density at radius 3 is 2.47 bits per heavy atom. The molecule has 1 rings (SSSR count). The van der Waals surface area contributed by atoms with E-state index in [0.29, 0.717) is 13.0 Å². The summed E-state index contributed by atoms with van der Waals surface area (Å²) in [5, 5.41) is 2.80. The van der Waals surface area contributed by atoms with Crippen LogP contribution in [0.4, 0.5) is 0 Å². The lowest BCUT2D eigenvalue weighted by Gasteiger charge is -2.24. The third kappa shape index (κ3) is 6.57. The van der Waals surface area contributed by atoms with Crippen molar-refractivity contribution in [3.05, 3.63) is 35.9 Å². The maximum atomic E-state index is 11.8. The van der Waals surface area contributed by atoms with Crippen LogP contribution in [-0.2, 0) is 16.0 Å². The second-order valence-electron chi connectivity index (χ2n) is 4.98. The molecule has 1 atom stereocenters. The third-order valence-corrected chi connectivity index (χ3v) is 2.88. The van der Waals surface area contributed by atoms with Gasteiger partial charge in [0.15, 0.2) is 0 Å². The molecule has 0 saturated heterocycles. The number of rotatable bonds is 6. The number of nitrogens with one attached hydrogen (secondary N) is 1. The zero-order chi connectivity index (χ0) is 13.6. The summed E-state index contributed by atoms with van der Waals surface area (Å²) in [6.45, 7) is 4.27. The molecule has 1 aromatic carbocycles. The van der Waals surface area contributed by atoms with E-state index in [-0.39, 0.29) is 23.9 Å². The number of carbonyl (C=O) groups is 1. The van der Waals surface area contributed by atoms with Crippen LogP contribution >= 0.6 is 12.4 Å². The van der Waals surface area contributed by atoms with E-state index in [1.807, 2.05) is 44.2 Å². The summed E-state index contributed by atoms with van der Waals surface area (Å²) in [5.41, 5.74) is 6.56. The number of methoxy groups -OCH3 is 1. The van der Waals surface area contributed by atoms with Crippen molar-refractivity contribution in [3.8, 4) is 0 Å². The highest BCUT2D eigenvalue weighted by Crippen LogP contribution is 2.05. The van der Waals surface area contributed by atoms with E-state index < -0.39 is 6.04 Å². The maximum Gasteiger partial charge on any atom is 0.237 e. The van der Waals surface area contributed by atoms with Crippen LogP contribution in [0, 0.1) is 0 Å². The Kier molecular flexibility index (Phi) is 7.68. The van der Waals surface area contributed by atoms with E-state index in [4.69, 9.17) is 10.5 Å². The molecule has 0 fully saturated rings. The highest BCUT2D eigenvalue weighted by Gasteiger charge is 2.20. The summed E-state index contributed by atoms with van der Waals surface area (Å²) in [7, 11) is 1.62. The SMILES string of the molecule is COC(C)(C)CNC(=O)[C@@H](N)Cc1ccccc1.Cl. The Hall–Kier alpha value is -1.10. The third-order valence-electron chi connectivity index (χ3n) is 2.88.